The first kappa shape index (κ1) is 56.9. The summed E-state index contributed by atoms with van der Waals surface area (Å²) in [4.78, 5) is 13.1. The molecule has 0 aromatic rings. The molecule has 0 spiro atoms. The molecule has 0 bridgehead atoms. The predicted molar refractivity (Wildman–Crippen MR) is 246 cm³/mol. The zero-order valence-electron chi connectivity index (χ0n) is 38.8. The highest BCUT2D eigenvalue weighted by Crippen LogP contribution is 2.23. The van der Waals surface area contributed by atoms with E-state index in [4.69, 9.17) is 9.47 Å². The molecule has 10 nitrogen and oxygen atoms in total. The number of allylic oxidation sites excluding steroid dienone is 2. The van der Waals surface area contributed by atoms with Crippen molar-refractivity contribution in [3.05, 3.63) is 12.2 Å². The standard InChI is InChI=1S/C50H97NO9/c1-3-5-7-9-11-13-15-17-19-21-23-25-27-29-31-33-35-37-39-44(54)49(58)51-42(41-59-50-48(57)47(56)46(55)45(40-52)60-50)43(53)38-36-34-32-30-28-26-24-22-20-18-16-14-12-10-8-6-4-2/h21,23,42-48,50,52-57H,3-20,22,24-41H2,1-2H3,(H,51,58)/b23-21-. The first-order valence-corrected chi connectivity index (χ1v) is 25.5. The average Bonchev–Trinajstić information content (AvgIpc) is 3.25. The fourth-order valence-corrected chi connectivity index (χ4v) is 8.28. The van der Waals surface area contributed by atoms with Gasteiger partial charge in [0.1, 0.15) is 30.5 Å². The Hall–Kier alpha value is -1.11. The van der Waals surface area contributed by atoms with E-state index >= 15 is 0 Å². The van der Waals surface area contributed by atoms with Crippen molar-refractivity contribution in [2.75, 3.05) is 13.2 Å². The predicted octanol–water partition coefficient (Wildman–Crippen LogP) is 10.3. The van der Waals surface area contributed by atoms with Gasteiger partial charge in [0.25, 0.3) is 0 Å². The summed E-state index contributed by atoms with van der Waals surface area (Å²) in [6.07, 6.45) is 36.8. The summed E-state index contributed by atoms with van der Waals surface area (Å²) in [5.41, 5.74) is 0. The van der Waals surface area contributed by atoms with E-state index in [0.29, 0.717) is 12.8 Å². The highest BCUT2D eigenvalue weighted by molar-refractivity contribution is 5.80. The van der Waals surface area contributed by atoms with Crippen LogP contribution in [0.3, 0.4) is 0 Å². The van der Waals surface area contributed by atoms with Crippen molar-refractivity contribution in [2.45, 2.75) is 288 Å². The molecule has 8 unspecified atom stereocenters. The number of aliphatic hydroxyl groups is 6. The zero-order chi connectivity index (χ0) is 43.9. The zero-order valence-corrected chi connectivity index (χ0v) is 38.8. The minimum Gasteiger partial charge on any atom is -0.394 e. The summed E-state index contributed by atoms with van der Waals surface area (Å²) in [5.74, 6) is -0.586. The van der Waals surface area contributed by atoms with Gasteiger partial charge in [-0.15, -0.1) is 0 Å². The second-order valence-corrected chi connectivity index (χ2v) is 18.1. The van der Waals surface area contributed by atoms with E-state index in [0.717, 1.165) is 57.8 Å². The van der Waals surface area contributed by atoms with Crippen LogP contribution in [0, 0.1) is 0 Å². The summed E-state index contributed by atoms with van der Waals surface area (Å²) >= 11 is 0. The summed E-state index contributed by atoms with van der Waals surface area (Å²) < 4.78 is 11.2. The maximum atomic E-state index is 13.1. The second-order valence-electron chi connectivity index (χ2n) is 18.1. The Bertz CT molecular complexity index is 968. The summed E-state index contributed by atoms with van der Waals surface area (Å²) in [6, 6.07) is -0.894. The molecule has 356 valence electrons. The van der Waals surface area contributed by atoms with Crippen molar-refractivity contribution in [2.24, 2.45) is 0 Å². The molecule has 8 atom stereocenters. The van der Waals surface area contributed by atoms with Crippen LogP contribution in [0.25, 0.3) is 0 Å². The number of rotatable bonds is 43. The van der Waals surface area contributed by atoms with Gasteiger partial charge in [-0.25, -0.2) is 0 Å². The number of hydrogen-bond acceptors (Lipinski definition) is 9. The second kappa shape index (κ2) is 40.7. The summed E-state index contributed by atoms with van der Waals surface area (Å²) in [7, 11) is 0. The molecule has 1 saturated heterocycles. The number of hydrogen-bond donors (Lipinski definition) is 7. The van der Waals surface area contributed by atoms with Crippen molar-refractivity contribution in [3.8, 4) is 0 Å². The average molecular weight is 856 g/mol. The lowest BCUT2D eigenvalue weighted by atomic mass is 9.99. The van der Waals surface area contributed by atoms with Gasteiger partial charge in [-0.2, -0.15) is 0 Å². The van der Waals surface area contributed by atoms with Crippen LogP contribution in [0.2, 0.25) is 0 Å². The van der Waals surface area contributed by atoms with Crippen LogP contribution < -0.4 is 5.32 Å². The largest absolute Gasteiger partial charge is 0.394 e. The fourth-order valence-electron chi connectivity index (χ4n) is 8.28. The molecule has 1 aliphatic heterocycles. The van der Waals surface area contributed by atoms with Crippen LogP contribution in [0.5, 0.6) is 0 Å². The van der Waals surface area contributed by atoms with E-state index < -0.39 is 61.5 Å². The Morgan fingerprint density at radius 3 is 1.35 bits per heavy atom. The third-order valence-corrected chi connectivity index (χ3v) is 12.5. The monoisotopic (exact) mass is 856 g/mol. The van der Waals surface area contributed by atoms with Crippen LogP contribution >= 0.6 is 0 Å². The molecule has 0 saturated carbocycles. The third kappa shape index (κ3) is 30.1. The molecule has 60 heavy (non-hydrogen) atoms. The molecule has 1 fully saturated rings. The maximum absolute atomic E-state index is 13.1. The number of ether oxygens (including phenoxy) is 2. The van der Waals surface area contributed by atoms with Gasteiger partial charge < -0.3 is 45.4 Å². The molecule has 0 radical (unpaired) electrons. The molecule has 0 aromatic heterocycles. The van der Waals surface area contributed by atoms with E-state index in [9.17, 15) is 35.4 Å². The van der Waals surface area contributed by atoms with Crippen molar-refractivity contribution < 1.29 is 44.9 Å². The molecule has 7 N–H and O–H groups in total. The molecule has 0 aliphatic carbocycles. The lowest BCUT2D eigenvalue weighted by Crippen LogP contribution is -2.60. The third-order valence-electron chi connectivity index (χ3n) is 12.5. The van der Waals surface area contributed by atoms with Crippen LogP contribution in [-0.2, 0) is 14.3 Å². The Balaban J connectivity index is 2.34. The lowest BCUT2D eigenvalue weighted by molar-refractivity contribution is -0.302. The Kier molecular flexibility index (Phi) is 38.6. The van der Waals surface area contributed by atoms with E-state index in [1.807, 2.05) is 0 Å². The van der Waals surface area contributed by atoms with Crippen molar-refractivity contribution in [3.63, 3.8) is 0 Å². The van der Waals surface area contributed by atoms with Crippen LogP contribution in [0.4, 0.5) is 0 Å². The van der Waals surface area contributed by atoms with Crippen LogP contribution in [0.15, 0.2) is 12.2 Å². The topological polar surface area (TPSA) is 169 Å². The molecular formula is C50H97NO9. The van der Waals surface area contributed by atoms with Gasteiger partial charge in [0.05, 0.1) is 25.4 Å². The number of aliphatic hydroxyl groups excluding tert-OH is 6. The summed E-state index contributed by atoms with van der Waals surface area (Å²) in [6.45, 7) is 3.69. The normalized spacial score (nSPS) is 21.1. The minimum atomic E-state index is -1.60. The number of carbonyl (C=O) groups is 1. The quantitative estimate of drug-likeness (QED) is 0.0233. The van der Waals surface area contributed by atoms with E-state index in [-0.39, 0.29) is 6.61 Å². The Morgan fingerprint density at radius 1 is 0.550 bits per heavy atom. The number of unbranched alkanes of at least 4 members (excludes halogenated alkanes) is 30. The first-order chi connectivity index (χ1) is 29.3. The number of carbonyl (C=O) groups excluding carboxylic acids is 1. The molecule has 10 heteroatoms. The van der Waals surface area contributed by atoms with Crippen LogP contribution in [-0.4, -0.2) is 98.7 Å². The first-order valence-electron chi connectivity index (χ1n) is 25.5. The number of amides is 1. The Labute approximate surface area is 368 Å². The number of nitrogens with one attached hydrogen (secondary N) is 1. The molecule has 1 aliphatic rings. The van der Waals surface area contributed by atoms with Crippen molar-refractivity contribution >= 4 is 5.91 Å². The van der Waals surface area contributed by atoms with Gasteiger partial charge >= 0.3 is 0 Å². The summed E-state index contributed by atoms with van der Waals surface area (Å²) in [5, 5.41) is 65.0. The smallest absolute Gasteiger partial charge is 0.249 e. The van der Waals surface area contributed by atoms with E-state index in [1.54, 1.807) is 0 Å². The van der Waals surface area contributed by atoms with E-state index in [1.165, 1.54) is 154 Å². The minimum absolute atomic E-state index is 0.254. The lowest BCUT2D eigenvalue weighted by Gasteiger charge is -2.40. The van der Waals surface area contributed by atoms with Crippen LogP contribution in [0.1, 0.15) is 239 Å². The molecular weight excluding hydrogens is 759 g/mol. The van der Waals surface area contributed by atoms with Gasteiger partial charge in [0.2, 0.25) is 5.91 Å². The van der Waals surface area contributed by atoms with Gasteiger partial charge in [0, 0.05) is 0 Å². The highest BCUT2D eigenvalue weighted by atomic mass is 16.7. The van der Waals surface area contributed by atoms with Crippen molar-refractivity contribution in [1.82, 2.24) is 5.32 Å². The Morgan fingerprint density at radius 2 is 0.933 bits per heavy atom. The molecule has 1 heterocycles. The van der Waals surface area contributed by atoms with E-state index in [2.05, 4.69) is 31.3 Å². The van der Waals surface area contributed by atoms with Crippen molar-refractivity contribution in [1.29, 1.82) is 0 Å². The van der Waals surface area contributed by atoms with Gasteiger partial charge in [-0.3, -0.25) is 4.79 Å². The molecule has 1 rings (SSSR count). The highest BCUT2D eigenvalue weighted by Gasteiger charge is 2.44. The van der Waals surface area contributed by atoms with Gasteiger partial charge in [-0.1, -0.05) is 212 Å². The fraction of sp³-hybridized carbons (Fsp3) is 0.940. The SMILES string of the molecule is CCCCCCCCCC/C=C\CCCCCCCCC(O)C(=O)NC(COC1OC(CO)C(O)C(O)C1O)C(O)CCCCCCCCCCCCCCCCCCC. The van der Waals surface area contributed by atoms with Gasteiger partial charge in [-0.05, 0) is 38.5 Å². The molecule has 1 amide bonds. The maximum Gasteiger partial charge on any atom is 0.249 e. The molecule has 0 aromatic carbocycles. The van der Waals surface area contributed by atoms with Gasteiger partial charge in [0.15, 0.2) is 6.29 Å².